The first-order chi connectivity index (χ1) is 12.7. The molecule has 1 aliphatic heterocycles. The molecule has 3 rings (SSSR count). The predicted octanol–water partition coefficient (Wildman–Crippen LogP) is 2.41. The third kappa shape index (κ3) is 3.42. The smallest absolute Gasteiger partial charge is 0.325 e. The number of amides is 3. The average molecular weight is 372 g/mol. The SMILES string of the molecule is Cc1ccc(C)c(OC[C@H](O)CN2C(=O)N[C@](C)(c3ccco3)C2=O)c1C. The molecule has 0 bridgehead atoms. The topological polar surface area (TPSA) is 92.0 Å². The van der Waals surface area contributed by atoms with Crippen LogP contribution in [-0.2, 0) is 10.3 Å². The van der Waals surface area contributed by atoms with Crippen LogP contribution >= 0.6 is 0 Å². The van der Waals surface area contributed by atoms with Crippen molar-refractivity contribution in [3.8, 4) is 5.75 Å². The van der Waals surface area contributed by atoms with Crippen molar-refractivity contribution in [3.63, 3.8) is 0 Å². The number of aliphatic hydroxyl groups excluding tert-OH is 1. The number of carbonyl (C=O) groups is 2. The monoisotopic (exact) mass is 372 g/mol. The van der Waals surface area contributed by atoms with E-state index in [1.807, 2.05) is 32.9 Å². The molecule has 0 unspecified atom stereocenters. The molecule has 1 aromatic carbocycles. The first-order valence-electron chi connectivity index (χ1n) is 8.80. The van der Waals surface area contributed by atoms with E-state index in [1.165, 1.54) is 6.26 Å². The summed E-state index contributed by atoms with van der Waals surface area (Å²) in [5.74, 6) is 0.594. The second-order valence-corrected chi connectivity index (χ2v) is 7.07. The van der Waals surface area contributed by atoms with Gasteiger partial charge in [0.05, 0.1) is 12.8 Å². The number of nitrogens with one attached hydrogen (secondary N) is 1. The molecule has 2 aromatic rings. The van der Waals surface area contributed by atoms with Crippen molar-refractivity contribution < 1.29 is 23.8 Å². The highest BCUT2D eigenvalue weighted by Gasteiger charge is 2.51. The summed E-state index contributed by atoms with van der Waals surface area (Å²) in [5, 5.41) is 13.0. The van der Waals surface area contributed by atoms with Crippen molar-refractivity contribution in [2.75, 3.05) is 13.2 Å². The Kier molecular flexibility index (Phi) is 4.97. The molecule has 1 aromatic heterocycles. The van der Waals surface area contributed by atoms with E-state index in [-0.39, 0.29) is 13.2 Å². The molecule has 2 heterocycles. The molecule has 1 saturated heterocycles. The number of carbonyl (C=O) groups excluding carboxylic acids is 2. The van der Waals surface area contributed by atoms with Gasteiger partial charge in [0.2, 0.25) is 0 Å². The van der Waals surface area contributed by atoms with Crippen molar-refractivity contribution in [2.45, 2.75) is 39.3 Å². The van der Waals surface area contributed by atoms with Gasteiger partial charge in [0.15, 0.2) is 5.54 Å². The molecule has 144 valence electrons. The second-order valence-electron chi connectivity index (χ2n) is 7.07. The largest absolute Gasteiger partial charge is 0.490 e. The Hall–Kier alpha value is -2.80. The van der Waals surface area contributed by atoms with E-state index in [9.17, 15) is 14.7 Å². The molecule has 2 atom stereocenters. The Morgan fingerprint density at radius 1 is 1.22 bits per heavy atom. The number of β-amino-alcohol motifs (C(OH)–C–C–N with tert-alkyl or cyclic N) is 1. The first kappa shape index (κ1) is 19.0. The Bertz CT molecular complexity index is 862. The minimum absolute atomic E-state index is 0.0281. The number of aryl methyl sites for hydroxylation is 2. The summed E-state index contributed by atoms with van der Waals surface area (Å²) in [6.07, 6.45) is 0.427. The number of aliphatic hydroxyl groups is 1. The average Bonchev–Trinajstić information content (AvgIpc) is 3.23. The van der Waals surface area contributed by atoms with E-state index >= 15 is 0 Å². The van der Waals surface area contributed by atoms with Gasteiger partial charge in [-0.2, -0.15) is 0 Å². The number of hydrogen-bond acceptors (Lipinski definition) is 5. The van der Waals surface area contributed by atoms with Gasteiger partial charge < -0.3 is 19.6 Å². The number of ether oxygens (including phenoxy) is 1. The van der Waals surface area contributed by atoms with Gasteiger partial charge in [0.25, 0.3) is 5.91 Å². The van der Waals surface area contributed by atoms with Crippen LogP contribution in [0.15, 0.2) is 34.9 Å². The number of urea groups is 1. The van der Waals surface area contributed by atoms with E-state index in [1.54, 1.807) is 19.1 Å². The lowest BCUT2D eigenvalue weighted by atomic mass is 9.99. The molecule has 0 aliphatic carbocycles. The normalized spacial score (nSPS) is 20.7. The summed E-state index contributed by atoms with van der Waals surface area (Å²) >= 11 is 0. The van der Waals surface area contributed by atoms with Crippen LogP contribution in [-0.4, -0.2) is 41.2 Å². The third-order valence-corrected chi connectivity index (χ3v) is 4.98. The van der Waals surface area contributed by atoms with Crippen LogP contribution in [0.25, 0.3) is 0 Å². The van der Waals surface area contributed by atoms with Crippen molar-refractivity contribution >= 4 is 11.9 Å². The fraction of sp³-hybridized carbons (Fsp3) is 0.400. The van der Waals surface area contributed by atoms with E-state index in [2.05, 4.69) is 5.32 Å². The summed E-state index contributed by atoms with van der Waals surface area (Å²) < 4.78 is 11.1. The fourth-order valence-corrected chi connectivity index (χ4v) is 3.18. The summed E-state index contributed by atoms with van der Waals surface area (Å²) in [7, 11) is 0. The van der Waals surface area contributed by atoms with Crippen LogP contribution in [0.4, 0.5) is 4.79 Å². The number of furan rings is 1. The highest BCUT2D eigenvalue weighted by Crippen LogP contribution is 2.29. The van der Waals surface area contributed by atoms with Crippen molar-refractivity contribution in [2.24, 2.45) is 0 Å². The quantitative estimate of drug-likeness (QED) is 0.760. The van der Waals surface area contributed by atoms with Gasteiger partial charge in [-0.15, -0.1) is 0 Å². The van der Waals surface area contributed by atoms with Gasteiger partial charge in [-0.1, -0.05) is 12.1 Å². The summed E-state index contributed by atoms with van der Waals surface area (Å²) in [5.41, 5.74) is 1.78. The Labute approximate surface area is 157 Å². The lowest BCUT2D eigenvalue weighted by molar-refractivity contribution is -0.132. The molecule has 2 N–H and O–H groups in total. The van der Waals surface area contributed by atoms with Gasteiger partial charge >= 0.3 is 6.03 Å². The van der Waals surface area contributed by atoms with Crippen molar-refractivity contribution in [1.29, 1.82) is 0 Å². The third-order valence-electron chi connectivity index (χ3n) is 4.98. The molecule has 27 heavy (non-hydrogen) atoms. The zero-order valence-electron chi connectivity index (χ0n) is 15.9. The fourth-order valence-electron chi connectivity index (χ4n) is 3.18. The molecule has 3 amide bonds. The van der Waals surface area contributed by atoms with Crippen LogP contribution in [0.3, 0.4) is 0 Å². The molecule has 1 aliphatic rings. The van der Waals surface area contributed by atoms with Crippen LogP contribution in [0, 0.1) is 20.8 Å². The van der Waals surface area contributed by atoms with Gasteiger partial charge in [-0.3, -0.25) is 9.69 Å². The molecular weight excluding hydrogens is 348 g/mol. The van der Waals surface area contributed by atoms with Crippen LogP contribution in [0.5, 0.6) is 5.75 Å². The molecular formula is C20H24N2O5. The van der Waals surface area contributed by atoms with E-state index in [0.717, 1.165) is 21.6 Å². The van der Waals surface area contributed by atoms with Crippen LogP contribution in [0.2, 0.25) is 0 Å². The summed E-state index contributed by atoms with van der Waals surface area (Å²) in [6, 6.07) is 6.68. The number of imide groups is 1. The maximum absolute atomic E-state index is 12.7. The molecule has 0 spiro atoms. The maximum atomic E-state index is 12.7. The van der Waals surface area contributed by atoms with E-state index in [4.69, 9.17) is 9.15 Å². The van der Waals surface area contributed by atoms with Gasteiger partial charge in [0, 0.05) is 0 Å². The molecule has 7 heteroatoms. The highest BCUT2D eigenvalue weighted by molar-refractivity contribution is 6.06. The first-order valence-corrected chi connectivity index (χ1v) is 8.80. The maximum Gasteiger partial charge on any atom is 0.325 e. The lowest BCUT2D eigenvalue weighted by Gasteiger charge is -2.21. The number of benzene rings is 1. The van der Waals surface area contributed by atoms with Gasteiger partial charge in [-0.05, 0) is 56.5 Å². The second kappa shape index (κ2) is 7.08. The summed E-state index contributed by atoms with van der Waals surface area (Å²) in [6.45, 7) is 7.26. The lowest BCUT2D eigenvalue weighted by Crippen LogP contribution is -2.42. The summed E-state index contributed by atoms with van der Waals surface area (Å²) in [4.78, 5) is 26.0. The molecule has 0 saturated carbocycles. The number of hydrogen-bond donors (Lipinski definition) is 2. The number of rotatable bonds is 6. The van der Waals surface area contributed by atoms with Crippen LogP contribution < -0.4 is 10.1 Å². The zero-order valence-corrected chi connectivity index (χ0v) is 15.9. The molecule has 7 nitrogen and oxygen atoms in total. The predicted molar refractivity (Wildman–Crippen MR) is 98.5 cm³/mol. The minimum Gasteiger partial charge on any atom is -0.490 e. The van der Waals surface area contributed by atoms with Crippen molar-refractivity contribution in [1.82, 2.24) is 10.2 Å². The number of nitrogens with zero attached hydrogens (tertiary/aromatic N) is 1. The Balaban J connectivity index is 1.66. The molecule has 1 fully saturated rings. The minimum atomic E-state index is -1.27. The zero-order chi connectivity index (χ0) is 19.8. The van der Waals surface area contributed by atoms with E-state index in [0.29, 0.717) is 11.5 Å². The Morgan fingerprint density at radius 2 is 1.93 bits per heavy atom. The highest BCUT2D eigenvalue weighted by atomic mass is 16.5. The Morgan fingerprint density at radius 3 is 2.59 bits per heavy atom. The van der Waals surface area contributed by atoms with E-state index < -0.39 is 23.6 Å². The van der Waals surface area contributed by atoms with Gasteiger partial charge in [-0.25, -0.2) is 4.79 Å². The van der Waals surface area contributed by atoms with Crippen molar-refractivity contribution in [3.05, 3.63) is 53.0 Å². The molecule has 0 radical (unpaired) electrons. The van der Waals surface area contributed by atoms with Gasteiger partial charge in [0.1, 0.15) is 24.2 Å². The van der Waals surface area contributed by atoms with Crippen LogP contribution in [0.1, 0.15) is 29.4 Å². The standard InChI is InChI=1S/C20H24N2O5/c1-12-7-8-13(2)17(14(12)3)27-11-15(23)10-22-18(24)20(4,21-19(22)25)16-6-5-9-26-16/h5-9,15,23H,10-11H2,1-4H3,(H,21,25)/t15-,20-/m1/s1.